The van der Waals surface area contributed by atoms with Crippen LogP contribution in [0.3, 0.4) is 0 Å². The van der Waals surface area contributed by atoms with Gasteiger partial charge in [0, 0.05) is 0 Å². The summed E-state index contributed by atoms with van der Waals surface area (Å²) >= 11 is 0. The summed E-state index contributed by atoms with van der Waals surface area (Å²) < 4.78 is 37.5. The number of aliphatic hydroxyl groups excluding tert-OH is 1. The molecule has 0 bridgehead atoms. The van der Waals surface area contributed by atoms with Gasteiger partial charge in [0.15, 0.2) is 0 Å². The van der Waals surface area contributed by atoms with E-state index in [1.54, 1.807) is 41.7 Å². The number of aliphatic hydroxyl groups is 1. The second-order valence-corrected chi connectivity index (χ2v) is 5.33. The molecule has 130 valence electrons. The maximum Gasteiger partial charge on any atom is 0.315 e. The molecule has 0 unspecified atom stereocenters. The SMILES string of the molecule is N#Cc1ccc(-c2ccc([C@@H](O)[C@@H](CF)NC(=O)C(F)F)cc2)cc1. The van der Waals surface area contributed by atoms with Crippen molar-refractivity contribution in [1.29, 1.82) is 5.26 Å². The van der Waals surface area contributed by atoms with Gasteiger partial charge in [0.1, 0.15) is 12.8 Å². The van der Waals surface area contributed by atoms with Crippen LogP contribution in [0.2, 0.25) is 0 Å². The molecule has 2 N–H and O–H groups in total. The van der Waals surface area contributed by atoms with Crippen LogP contribution in [-0.2, 0) is 4.79 Å². The third-order valence-corrected chi connectivity index (χ3v) is 3.67. The molecule has 1 amide bonds. The Morgan fingerprint density at radius 1 is 1.08 bits per heavy atom. The summed E-state index contributed by atoms with van der Waals surface area (Å²) in [6.07, 6.45) is -4.73. The van der Waals surface area contributed by atoms with Crippen LogP contribution >= 0.6 is 0 Å². The fourth-order valence-corrected chi connectivity index (χ4v) is 2.29. The molecule has 2 rings (SSSR count). The van der Waals surface area contributed by atoms with Crippen molar-refractivity contribution in [1.82, 2.24) is 5.32 Å². The van der Waals surface area contributed by atoms with E-state index in [2.05, 4.69) is 0 Å². The Morgan fingerprint density at radius 3 is 2.04 bits per heavy atom. The van der Waals surface area contributed by atoms with E-state index in [-0.39, 0.29) is 5.56 Å². The number of carbonyl (C=O) groups is 1. The summed E-state index contributed by atoms with van der Waals surface area (Å²) in [5.41, 5.74) is 2.45. The zero-order valence-electron chi connectivity index (χ0n) is 13.0. The molecule has 0 radical (unpaired) electrons. The molecular weight excluding hydrogens is 333 g/mol. The zero-order valence-corrected chi connectivity index (χ0v) is 13.0. The van der Waals surface area contributed by atoms with Crippen molar-refractivity contribution in [2.45, 2.75) is 18.6 Å². The van der Waals surface area contributed by atoms with Gasteiger partial charge in [-0.05, 0) is 28.8 Å². The number of hydrogen-bond donors (Lipinski definition) is 2. The topological polar surface area (TPSA) is 73.1 Å². The number of nitrogens with zero attached hydrogens (tertiary/aromatic N) is 1. The van der Waals surface area contributed by atoms with Crippen LogP contribution in [0.25, 0.3) is 11.1 Å². The van der Waals surface area contributed by atoms with Crippen molar-refractivity contribution < 1.29 is 23.1 Å². The van der Waals surface area contributed by atoms with E-state index >= 15 is 0 Å². The Kier molecular flexibility index (Phi) is 6.14. The molecule has 0 aliphatic carbocycles. The monoisotopic (exact) mass is 348 g/mol. The molecular formula is C18H15F3N2O2. The Labute approximate surface area is 142 Å². The minimum Gasteiger partial charge on any atom is -0.386 e. The molecule has 0 aliphatic rings. The van der Waals surface area contributed by atoms with E-state index in [1.165, 1.54) is 12.1 Å². The Morgan fingerprint density at radius 2 is 1.60 bits per heavy atom. The molecule has 0 saturated heterocycles. The van der Waals surface area contributed by atoms with Gasteiger partial charge in [-0.15, -0.1) is 0 Å². The number of hydrogen-bond acceptors (Lipinski definition) is 3. The van der Waals surface area contributed by atoms with Crippen LogP contribution in [-0.4, -0.2) is 30.2 Å². The number of amides is 1. The maximum atomic E-state index is 13.0. The highest BCUT2D eigenvalue weighted by atomic mass is 19.3. The van der Waals surface area contributed by atoms with Crippen LogP contribution < -0.4 is 5.32 Å². The Balaban J connectivity index is 2.14. The van der Waals surface area contributed by atoms with Crippen LogP contribution in [0.15, 0.2) is 48.5 Å². The van der Waals surface area contributed by atoms with Crippen molar-refractivity contribution in [2.24, 2.45) is 0 Å². The fourth-order valence-electron chi connectivity index (χ4n) is 2.29. The van der Waals surface area contributed by atoms with Gasteiger partial charge in [-0.3, -0.25) is 4.79 Å². The molecule has 2 atom stereocenters. The second-order valence-electron chi connectivity index (χ2n) is 5.33. The second kappa shape index (κ2) is 8.31. The van der Waals surface area contributed by atoms with Gasteiger partial charge in [-0.1, -0.05) is 36.4 Å². The number of carbonyl (C=O) groups excluding carboxylic acids is 1. The van der Waals surface area contributed by atoms with Gasteiger partial charge in [0.05, 0.1) is 17.7 Å². The van der Waals surface area contributed by atoms with Crippen LogP contribution in [0.4, 0.5) is 13.2 Å². The molecule has 2 aromatic rings. The fraction of sp³-hybridized carbons (Fsp3) is 0.222. The average molecular weight is 348 g/mol. The molecule has 4 nitrogen and oxygen atoms in total. The quantitative estimate of drug-likeness (QED) is 0.843. The lowest BCUT2D eigenvalue weighted by Crippen LogP contribution is -2.43. The lowest BCUT2D eigenvalue weighted by molar-refractivity contribution is -0.133. The number of nitrogens with one attached hydrogen (secondary N) is 1. The highest BCUT2D eigenvalue weighted by Gasteiger charge is 2.26. The molecule has 0 fully saturated rings. The normalized spacial score (nSPS) is 13.1. The lowest BCUT2D eigenvalue weighted by Gasteiger charge is -2.22. The van der Waals surface area contributed by atoms with E-state index in [1.807, 2.05) is 6.07 Å². The van der Waals surface area contributed by atoms with Crippen molar-refractivity contribution >= 4 is 5.91 Å². The maximum absolute atomic E-state index is 13.0. The molecule has 25 heavy (non-hydrogen) atoms. The van der Waals surface area contributed by atoms with E-state index in [9.17, 15) is 23.1 Å². The third-order valence-electron chi connectivity index (χ3n) is 3.67. The highest BCUT2D eigenvalue weighted by molar-refractivity contribution is 5.79. The predicted octanol–water partition coefficient (Wildman–Crippen LogP) is 2.98. The molecule has 2 aromatic carbocycles. The van der Waals surface area contributed by atoms with Crippen molar-refractivity contribution in [3.8, 4) is 17.2 Å². The number of benzene rings is 2. The van der Waals surface area contributed by atoms with E-state index < -0.39 is 31.2 Å². The predicted molar refractivity (Wildman–Crippen MR) is 85.5 cm³/mol. The summed E-state index contributed by atoms with van der Waals surface area (Å²) in [5, 5.41) is 20.7. The van der Waals surface area contributed by atoms with Gasteiger partial charge < -0.3 is 10.4 Å². The van der Waals surface area contributed by atoms with E-state index in [0.29, 0.717) is 5.56 Å². The Hall–Kier alpha value is -2.85. The van der Waals surface area contributed by atoms with Crippen molar-refractivity contribution in [3.63, 3.8) is 0 Å². The summed E-state index contributed by atoms with van der Waals surface area (Å²) in [6, 6.07) is 13.8. The summed E-state index contributed by atoms with van der Waals surface area (Å²) in [6.45, 7) is -1.18. The number of alkyl halides is 3. The highest BCUT2D eigenvalue weighted by Crippen LogP contribution is 2.24. The first kappa shape index (κ1) is 18.5. The number of nitriles is 1. The third kappa shape index (κ3) is 4.58. The minimum absolute atomic E-state index is 0.287. The molecule has 0 heterocycles. The first-order chi connectivity index (χ1) is 12.0. The van der Waals surface area contributed by atoms with Gasteiger partial charge in [0.2, 0.25) is 0 Å². The van der Waals surface area contributed by atoms with Gasteiger partial charge in [0.25, 0.3) is 5.91 Å². The van der Waals surface area contributed by atoms with Crippen LogP contribution in [0, 0.1) is 11.3 Å². The first-order valence-corrected chi connectivity index (χ1v) is 7.39. The zero-order chi connectivity index (χ0) is 18.4. The Bertz CT molecular complexity index is 755. The molecule has 0 spiro atoms. The number of halogens is 3. The number of rotatable bonds is 6. The van der Waals surface area contributed by atoms with Crippen LogP contribution in [0.1, 0.15) is 17.2 Å². The first-order valence-electron chi connectivity index (χ1n) is 7.39. The minimum atomic E-state index is -3.28. The van der Waals surface area contributed by atoms with Gasteiger partial charge in [-0.2, -0.15) is 14.0 Å². The van der Waals surface area contributed by atoms with Gasteiger partial charge in [-0.25, -0.2) is 4.39 Å². The lowest BCUT2D eigenvalue weighted by atomic mass is 9.98. The summed E-state index contributed by atoms with van der Waals surface area (Å²) in [7, 11) is 0. The van der Waals surface area contributed by atoms with Crippen molar-refractivity contribution in [2.75, 3.05) is 6.67 Å². The molecule has 0 aromatic heterocycles. The smallest absolute Gasteiger partial charge is 0.315 e. The van der Waals surface area contributed by atoms with E-state index in [0.717, 1.165) is 11.1 Å². The van der Waals surface area contributed by atoms with Gasteiger partial charge >= 0.3 is 6.43 Å². The summed E-state index contributed by atoms with van der Waals surface area (Å²) in [4.78, 5) is 11.0. The largest absolute Gasteiger partial charge is 0.386 e. The van der Waals surface area contributed by atoms with Crippen LogP contribution in [0.5, 0.6) is 0 Å². The molecule has 7 heteroatoms. The van der Waals surface area contributed by atoms with Crippen molar-refractivity contribution in [3.05, 3.63) is 59.7 Å². The van der Waals surface area contributed by atoms with E-state index in [4.69, 9.17) is 5.26 Å². The average Bonchev–Trinajstić information content (AvgIpc) is 2.65. The molecule has 0 saturated carbocycles. The molecule has 0 aliphatic heterocycles. The summed E-state index contributed by atoms with van der Waals surface area (Å²) in [5.74, 6) is -1.63. The standard InChI is InChI=1S/C18H15F3N2O2/c19-9-15(23-18(25)17(20)21)16(24)14-7-5-13(6-8-14)12-3-1-11(10-22)2-4-12/h1-8,15-17,24H,9H2,(H,23,25)/t15-,16-/m1/s1.